The highest BCUT2D eigenvalue weighted by Gasteiger charge is 2.30. The normalized spacial score (nSPS) is 21.0. The molecule has 24 heavy (non-hydrogen) atoms. The van der Waals surface area contributed by atoms with Crippen LogP contribution in [0.2, 0.25) is 0 Å². The maximum Gasteiger partial charge on any atom is 0.266 e. The zero-order valence-corrected chi connectivity index (χ0v) is 13.9. The van der Waals surface area contributed by atoms with Crippen LogP contribution in [0.25, 0.3) is 0 Å². The zero-order chi connectivity index (χ0) is 16.1. The molecule has 2 aliphatic heterocycles. The van der Waals surface area contributed by atoms with Crippen molar-refractivity contribution in [2.45, 2.75) is 51.2 Å². The van der Waals surface area contributed by atoms with Gasteiger partial charge in [-0.15, -0.1) is 0 Å². The van der Waals surface area contributed by atoms with Crippen molar-refractivity contribution in [1.29, 1.82) is 0 Å². The van der Waals surface area contributed by atoms with Gasteiger partial charge >= 0.3 is 0 Å². The summed E-state index contributed by atoms with van der Waals surface area (Å²) in [7, 11) is 0. The van der Waals surface area contributed by atoms with Gasteiger partial charge in [-0.3, -0.25) is 14.4 Å². The van der Waals surface area contributed by atoms with E-state index < -0.39 is 0 Å². The Morgan fingerprint density at radius 2 is 2.04 bits per heavy atom. The van der Waals surface area contributed by atoms with Gasteiger partial charge in [0, 0.05) is 49.8 Å². The van der Waals surface area contributed by atoms with Gasteiger partial charge in [-0.2, -0.15) is 10.2 Å². The number of hydrogen-bond acceptors (Lipinski definition) is 4. The first-order valence-corrected chi connectivity index (χ1v) is 9.10. The SMILES string of the molecule is O=c1ccc(C2CC2)nn1CC1CN(Cc2cc3n(n2)CCC3)C1. The van der Waals surface area contributed by atoms with Crippen molar-refractivity contribution in [2.75, 3.05) is 13.1 Å². The van der Waals surface area contributed by atoms with E-state index in [1.807, 2.05) is 6.07 Å². The van der Waals surface area contributed by atoms with E-state index in [0.29, 0.717) is 11.8 Å². The molecule has 2 aromatic heterocycles. The molecule has 1 aliphatic carbocycles. The van der Waals surface area contributed by atoms with Crippen LogP contribution in [-0.2, 0) is 26.1 Å². The number of aromatic nitrogens is 4. The van der Waals surface area contributed by atoms with Gasteiger partial charge in [0.2, 0.25) is 0 Å². The molecule has 126 valence electrons. The van der Waals surface area contributed by atoms with E-state index in [4.69, 9.17) is 0 Å². The molecule has 1 saturated carbocycles. The monoisotopic (exact) mass is 325 g/mol. The second-order valence-electron chi connectivity index (χ2n) is 7.57. The van der Waals surface area contributed by atoms with Crippen LogP contribution in [0.3, 0.4) is 0 Å². The van der Waals surface area contributed by atoms with Crippen molar-refractivity contribution in [1.82, 2.24) is 24.5 Å². The van der Waals surface area contributed by atoms with E-state index in [1.54, 1.807) is 10.7 Å². The molecule has 0 N–H and O–H groups in total. The van der Waals surface area contributed by atoms with Crippen molar-refractivity contribution in [3.8, 4) is 0 Å². The van der Waals surface area contributed by atoms with Gasteiger partial charge in [0.25, 0.3) is 5.56 Å². The van der Waals surface area contributed by atoms with Gasteiger partial charge in [0.15, 0.2) is 0 Å². The van der Waals surface area contributed by atoms with Gasteiger partial charge < -0.3 is 0 Å². The van der Waals surface area contributed by atoms with Gasteiger partial charge in [-0.05, 0) is 37.8 Å². The van der Waals surface area contributed by atoms with E-state index in [-0.39, 0.29) is 5.56 Å². The predicted molar refractivity (Wildman–Crippen MR) is 89.8 cm³/mol. The van der Waals surface area contributed by atoms with Crippen LogP contribution in [0.15, 0.2) is 23.0 Å². The number of nitrogens with zero attached hydrogens (tertiary/aromatic N) is 5. The molecule has 6 heteroatoms. The van der Waals surface area contributed by atoms with Crippen LogP contribution in [0.5, 0.6) is 0 Å². The lowest BCUT2D eigenvalue weighted by molar-refractivity contribution is 0.0750. The lowest BCUT2D eigenvalue weighted by atomic mass is 10.00. The fourth-order valence-corrected chi connectivity index (χ4v) is 3.98. The Morgan fingerprint density at radius 1 is 1.17 bits per heavy atom. The highest BCUT2D eigenvalue weighted by molar-refractivity contribution is 5.14. The standard InChI is InChI=1S/C18H23N5O/c24-18-6-5-17(14-3-4-14)20-23(18)11-13-9-21(10-13)12-15-8-16-2-1-7-22(16)19-15/h5-6,8,13-14H,1-4,7,9-12H2. The molecule has 0 atom stereocenters. The average molecular weight is 325 g/mol. The third-order valence-corrected chi connectivity index (χ3v) is 5.45. The Hall–Kier alpha value is -1.95. The molecular weight excluding hydrogens is 302 g/mol. The van der Waals surface area contributed by atoms with Crippen LogP contribution >= 0.6 is 0 Å². The first kappa shape index (κ1) is 14.4. The Balaban J connectivity index is 1.18. The number of hydrogen-bond donors (Lipinski definition) is 0. The predicted octanol–water partition coefficient (Wildman–Crippen LogP) is 1.40. The summed E-state index contributed by atoms with van der Waals surface area (Å²) in [6, 6.07) is 5.84. The maximum absolute atomic E-state index is 12.0. The molecule has 0 amide bonds. The fraction of sp³-hybridized carbons (Fsp3) is 0.611. The largest absolute Gasteiger partial charge is 0.297 e. The van der Waals surface area contributed by atoms with Gasteiger partial charge in [-0.1, -0.05) is 0 Å². The third-order valence-electron chi connectivity index (χ3n) is 5.45. The van der Waals surface area contributed by atoms with E-state index in [1.165, 1.54) is 37.1 Å². The van der Waals surface area contributed by atoms with Crippen molar-refractivity contribution >= 4 is 0 Å². The number of fused-ring (bicyclic) bond motifs is 1. The topological polar surface area (TPSA) is 56.0 Å². The molecule has 0 bridgehead atoms. The summed E-state index contributed by atoms with van der Waals surface area (Å²) in [5, 5.41) is 9.25. The average Bonchev–Trinajstić information content (AvgIpc) is 3.17. The van der Waals surface area contributed by atoms with Crippen molar-refractivity contribution in [3.63, 3.8) is 0 Å². The first-order valence-electron chi connectivity index (χ1n) is 9.10. The number of rotatable bonds is 5. The van der Waals surface area contributed by atoms with Crippen LogP contribution in [0.4, 0.5) is 0 Å². The Morgan fingerprint density at radius 3 is 2.83 bits per heavy atom. The van der Waals surface area contributed by atoms with Crippen LogP contribution in [-0.4, -0.2) is 37.6 Å². The molecule has 2 fully saturated rings. The molecular formula is C18H23N5O. The first-order chi connectivity index (χ1) is 11.7. The van der Waals surface area contributed by atoms with Crippen LogP contribution < -0.4 is 5.56 Å². The summed E-state index contributed by atoms with van der Waals surface area (Å²) in [5.41, 5.74) is 3.70. The lowest BCUT2D eigenvalue weighted by Crippen LogP contribution is -2.49. The molecule has 0 spiro atoms. The smallest absolute Gasteiger partial charge is 0.266 e. The van der Waals surface area contributed by atoms with E-state index in [9.17, 15) is 4.79 Å². The van der Waals surface area contributed by atoms with Gasteiger partial charge in [0.05, 0.1) is 17.9 Å². The van der Waals surface area contributed by atoms with Crippen molar-refractivity contribution < 1.29 is 0 Å². The van der Waals surface area contributed by atoms with Crippen LogP contribution in [0, 0.1) is 5.92 Å². The molecule has 6 nitrogen and oxygen atoms in total. The fourth-order valence-electron chi connectivity index (χ4n) is 3.98. The summed E-state index contributed by atoms with van der Waals surface area (Å²) in [5.74, 6) is 1.12. The van der Waals surface area contributed by atoms with E-state index in [2.05, 4.69) is 25.8 Å². The Kier molecular flexibility index (Phi) is 3.33. The number of aryl methyl sites for hydroxylation is 2. The second kappa shape index (κ2) is 5.55. The third kappa shape index (κ3) is 2.69. The number of likely N-dealkylation sites (tertiary alicyclic amines) is 1. The molecule has 0 radical (unpaired) electrons. The van der Waals surface area contributed by atoms with E-state index >= 15 is 0 Å². The molecule has 0 aromatic carbocycles. The lowest BCUT2D eigenvalue weighted by Gasteiger charge is -2.38. The van der Waals surface area contributed by atoms with E-state index in [0.717, 1.165) is 38.4 Å². The highest BCUT2D eigenvalue weighted by Crippen LogP contribution is 2.38. The molecule has 5 rings (SSSR count). The Bertz CT molecular complexity index is 792. The summed E-state index contributed by atoms with van der Waals surface area (Å²) in [4.78, 5) is 14.4. The second-order valence-corrected chi connectivity index (χ2v) is 7.57. The maximum atomic E-state index is 12.0. The minimum Gasteiger partial charge on any atom is -0.297 e. The van der Waals surface area contributed by atoms with Gasteiger partial charge in [0.1, 0.15) is 0 Å². The molecule has 1 saturated heterocycles. The van der Waals surface area contributed by atoms with Gasteiger partial charge in [-0.25, -0.2) is 4.68 Å². The van der Waals surface area contributed by atoms with Crippen molar-refractivity contribution in [2.24, 2.45) is 5.92 Å². The quantitative estimate of drug-likeness (QED) is 0.834. The molecule has 4 heterocycles. The van der Waals surface area contributed by atoms with Crippen LogP contribution in [0.1, 0.15) is 42.3 Å². The summed E-state index contributed by atoms with van der Waals surface area (Å²) < 4.78 is 3.83. The summed E-state index contributed by atoms with van der Waals surface area (Å²) in [6.45, 7) is 4.81. The van der Waals surface area contributed by atoms with Crippen molar-refractivity contribution in [3.05, 3.63) is 45.6 Å². The molecule has 2 aromatic rings. The summed E-state index contributed by atoms with van der Waals surface area (Å²) >= 11 is 0. The minimum absolute atomic E-state index is 0.0309. The summed E-state index contributed by atoms with van der Waals surface area (Å²) in [6.07, 6.45) is 4.84. The highest BCUT2D eigenvalue weighted by atomic mass is 16.1. The molecule has 3 aliphatic rings. The molecule has 0 unspecified atom stereocenters. The minimum atomic E-state index is 0.0309. The Labute approximate surface area is 141 Å². The zero-order valence-electron chi connectivity index (χ0n) is 13.9.